The van der Waals surface area contributed by atoms with E-state index in [-0.39, 0.29) is 5.69 Å². The van der Waals surface area contributed by atoms with Crippen LogP contribution in [0.3, 0.4) is 0 Å². The second-order valence-corrected chi connectivity index (χ2v) is 4.66. The Morgan fingerprint density at radius 2 is 1.91 bits per heavy atom. The van der Waals surface area contributed by atoms with Gasteiger partial charge in [0.2, 0.25) is 11.7 Å². The standard InChI is InChI=1S/C16H13FN2O3/c1-11-2-4-12(5-3-11)6-9-16(20)18-13-7-8-14(17)15(10-13)19(21)22/h2-10H,1H3,(H,18,20)/b9-6+. The Hall–Kier alpha value is -3.02. The van der Waals surface area contributed by atoms with Crippen LogP contribution in [0.5, 0.6) is 0 Å². The lowest BCUT2D eigenvalue weighted by atomic mass is 10.1. The van der Waals surface area contributed by atoms with Gasteiger partial charge in [-0.25, -0.2) is 0 Å². The van der Waals surface area contributed by atoms with Crippen molar-refractivity contribution in [2.24, 2.45) is 0 Å². The number of nitro benzene ring substituents is 1. The Labute approximate surface area is 126 Å². The van der Waals surface area contributed by atoms with Gasteiger partial charge < -0.3 is 5.32 Å². The van der Waals surface area contributed by atoms with Crippen molar-refractivity contribution >= 4 is 23.4 Å². The molecule has 0 radical (unpaired) electrons. The van der Waals surface area contributed by atoms with Gasteiger partial charge in [-0.1, -0.05) is 29.8 Å². The van der Waals surface area contributed by atoms with Crippen molar-refractivity contribution in [3.63, 3.8) is 0 Å². The predicted octanol–water partition coefficient (Wildman–Crippen LogP) is 3.69. The maximum Gasteiger partial charge on any atom is 0.306 e. The van der Waals surface area contributed by atoms with Crippen molar-refractivity contribution in [2.75, 3.05) is 5.32 Å². The number of aryl methyl sites for hydroxylation is 1. The third kappa shape index (κ3) is 3.99. The first-order valence-corrected chi connectivity index (χ1v) is 6.45. The monoisotopic (exact) mass is 300 g/mol. The summed E-state index contributed by atoms with van der Waals surface area (Å²) < 4.78 is 13.2. The normalized spacial score (nSPS) is 10.6. The predicted molar refractivity (Wildman–Crippen MR) is 81.9 cm³/mol. The van der Waals surface area contributed by atoms with E-state index >= 15 is 0 Å². The molecule has 5 nitrogen and oxygen atoms in total. The Morgan fingerprint density at radius 3 is 2.55 bits per heavy atom. The van der Waals surface area contributed by atoms with Crippen LogP contribution in [0.15, 0.2) is 48.5 Å². The highest BCUT2D eigenvalue weighted by Gasteiger charge is 2.14. The molecule has 0 atom stereocenters. The second kappa shape index (κ2) is 6.62. The summed E-state index contributed by atoms with van der Waals surface area (Å²) in [5.41, 5.74) is 1.44. The number of carbonyl (C=O) groups excluding carboxylic acids is 1. The van der Waals surface area contributed by atoms with Gasteiger partial charge in [-0.15, -0.1) is 0 Å². The third-order valence-electron chi connectivity index (χ3n) is 2.91. The Balaban J connectivity index is 2.07. The number of hydrogen-bond acceptors (Lipinski definition) is 3. The van der Waals surface area contributed by atoms with E-state index in [0.717, 1.165) is 23.3 Å². The molecule has 0 aliphatic rings. The van der Waals surface area contributed by atoms with Crippen molar-refractivity contribution in [1.29, 1.82) is 0 Å². The van der Waals surface area contributed by atoms with Crippen LogP contribution in [-0.2, 0) is 4.79 Å². The van der Waals surface area contributed by atoms with Gasteiger partial charge in [0.1, 0.15) is 0 Å². The number of benzene rings is 2. The van der Waals surface area contributed by atoms with Crippen LogP contribution >= 0.6 is 0 Å². The van der Waals surface area contributed by atoms with Crippen molar-refractivity contribution < 1.29 is 14.1 Å². The van der Waals surface area contributed by atoms with E-state index in [1.807, 2.05) is 31.2 Å². The lowest BCUT2D eigenvalue weighted by molar-refractivity contribution is -0.387. The summed E-state index contributed by atoms with van der Waals surface area (Å²) in [5, 5.41) is 13.1. The Kier molecular flexibility index (Phi) is 4.63. The van der Waals surface area contributed by atoms with Gasteiger partial charge >= 0.3 is 5.69 Å². The van der Waals surface area contributed by atoms with Gasteiger partial charge in [0, 0.05) is 17.8 Å². The molecule has 0 saturated carbocycles. The minimum atomic E-state index is -0.946. The quantitative estimate of drug-likeness (QED) is 0.531. The second-order valence-electron chi connectivity index (χ2n) is 4.66. The van der Waals surface area contributed by atoms with Crippen LogP contribution in [0, 0.1) is 22.9 Å². The average Bonchev–Trinajstić information content (AvgIpc) is 2.48. The molecule has 0 unspecified atom stereocenters. The van der Waals surface area contributed by atoms with Crippen molar-refractivity contribution in [2.45, 2.75) is 6.92 Å². The molecule has 0 fully saturated rings. The van der Waals surface area contributed by atoms with E-state index in [1.54, 1.807) is 6.08 Å². The Bertz CT molecular complexity index is 740. The van der Waals surface area contributed by atoms with Gasteiger partial charge in [0.25, 0.3) is 0 Å². The fourth-order valence-electron chi connectivity index (χ4n) is 1.76. The van der Waals surface area contributed by atoms with Crippen molar-refractivity contribution in [3.8, 4) is 0 Å². The summed E-state index contributed by atoms with van der Waals surface area (Å²) in [6, 6.07) is 10.7. The minimum Gasteiger partial charge on any atom is -0.322 e. The summed E-state index contributed by atoms with van der Waals surface area (Å²) in [6.07, 6.45) is 2.92. The molecule has 112 valence electrons. The van der Waals surface area contributed by atoms with Crippen molar-refractivity contribution in [3.05, 3.63) is 75.6 Å². The molecule has 0 spiro atoms. The molecule has 2 rings (SSSR count). The summed E-state index contributed by atoms with van der Waals surface area (Å²) in [6.45, 7) is 1.96. The molecule has 0 aliphatic heterocycles. The molecule has 1 N–H and O–H groups in total. The lowest BCUT2D eigenvalue weighted by Crippen LogP contribution is -2.08. The molecule has 0 bridgehead atoms. The molecule has 22 heavy (non-hydrogen) atoms. The largest absolute Gasteiger partial charge is 0.322 e. The molecule has 0 aromatic heterocycles. The fraction of sp³-hybridized carbons (Fsp3) is 0.0625. The lowest BCUT2D eigenvalue weighted by Gasteiger charge is -2.02. The van der Waals surface area contributed by atoms with Crippen LogP contribution < -0.4 is 5.32 Å². The maximum absolute atomic E-state index is 13.2. The molecule has 0 aliphatic carbocycles. The number of nitrogens with one attached hydrogen (secondary N) is 1. The topological polar surface area (TPSA) is 72.2 Å². The van der Waals surface area contributed by atoms with Gasteiger partial charge in [-0.2, -0.15) is 4.39 Å². The van der Waals surface area contributed by atoms with Crippen LogP contribution in [0.25, 0.3) is 6.08 Å². The summed E-state index contributed by atoms with van der Waals surface area (Å²) in [5.74, 6) is -1.40. The summed E-state index contributed by atoms with van der Waals surface area (Å²) in [7, 11) is 0. The van der Waals surface area contributed by atoms with E-state index in [2.05, 4.69) is 5.32 Å². The molecule has 0 saturated heterocycles. The molecule has 2 aromatic rings. The number of halogens is 1. The smallest absolute Gasteiger partial charge is 0.306 e. The van der Waals surface area contributed by atoms with Crippen molar-refractivity contribution in [1.82, 2.24) is 0 Å². The van der Waals surface area contributed by atoms with Crippen LogP contribution in [-0.4, -0.2) is 10.8 Å². The molecule has 0 heterocycles. The zero-order valence-electron chi connectivity index (χ0n) is 11.7. The zero-order chi connectivity index (χ0) is 16.1. The SMILES string of the molecule is Cc1ccc(/C=C/C(=O)Nc2ccc(F)c([N+](=O)[O-])c2)cc1. The van der Waals surface area contributed by atoms with Gasteiger partial charge in [-0.3, -0.25) is 14.9 Å². The molecule has 6 heteroatoms. The number of hydrogen-bond donors (Lipinski definition) is 1. The van der Waals surface area contributed by atoms with Crippen LogP contribution in [0.2, 0.25) is 0 Å². The van der Waals surface area contributed by atoms with E-state index in [9.17, 15) is 19.3 Å². The number of nitro groups is 1. The first-order chi connectivity index (χ1) is 10.5. The first-order valence-electron chi connectivity index (χ1n) is 6.45. The van der Waals surface area contributed by atoms with E-state index < -0.39 is 22.3 Å². The minimum absolute atomic E-state index is 0.159. The van der Waals surface area contributed by atoms with Gasteiger partial charge in [0.05, 0.1) is 4.92 Å². The highest BCUT2D eigenvalue weighted by Crippen LogP contribution is 2.21. The van der Waals surface area contributed by atoms with E-state index in [1.165, 1.54) is 12.1 Å². The van der Waals surface area contributed by atoms with Gasteiger partial charge in [-0.05, 0) is 30.7 Å². The van der Waals surface area contributed by atoms with Gasteiger partial charge in [0.15, 0.2) is 0 Å². The number of anilines is 1. The summed E-state index contributed by atoms with van der Waals surface area (Å²) in [4.78, 5) is 21.6. The Morgan fingerprint density at radius 1 is 1.23 bits per heavy atom. The molecule has 1 amide bonds. The van der Waals surface area contributed by atoms with Crippen LogP contribution in [0.4, 0.5) is 15.8 Å². The van der Waals surface area contributed by atoms with E-state index in [4.69, 9.17) is 0 Å². The highest BCUT2D eigenvalue weighted by atomic mass is 19.1. The first kappa shape index (κ1) is 15.4. The highest BCUT2D eigenvalue weighted by molar-refractivity contribution is 6.02. The third-order valence-corrected chi connectivity index (χ3v) is 2.91. The number of nitrogens with zero attached hydrogens (tertiary/aromatic N) is 1. The molecular formula is C16H13FN2O3. The number of carbonyl (C=O) groups is 1. The average molecular weight is 300 g/mol. The molecular weight excluding hydrogens is 287 g/mol. The summed E-state index contributed by atoms with van der Waals surface area (Å²) >= 11 is 0. The molecule has 2 aromatic carbocycles. The number of amides is 1. The fourth-order valence-corrected chi connectivity index (χ4v) is 1.76. The zero-order valence-corrected chi connectivity index (χ0v) is 11.7. The maximum atomic E-state index is 13.2. The van der Waals surface area contributed by atoms with E-state index in [0.29, 0.717) is 0 Å². The van der Waals surface area contributed by atoms with Crippen LogP contribution in [0.1, 0.15) is 11.1 Å². The number of rotatable bonds is 4.